The summed E-state index contributed by atoms with van der Waals surface area (Å²) in [5.41, 5.74) is 1.24. The smallest absolute Gasteiger partial charge is 0.241 e. The molecule has 28 heavy (non-hydrogen) atoms. The van der Waals surface area contributed by atoms with Crippen LogP contribution in [0.4, 0.5) is 0 Å². The zero-order valence-electron chi connectivity index (χ0n) is 14.9. The molecule has 2 aromatic carbocycles. The van der Waals surface area contributed by atoms with Crippen molar-refractivity contribution in [3.8, 4) is 28.1 Å². The highest BCUT2D eigenvalue weighted by atomic mass is 32.2. The molecule has 0 bridgehead atoms. The molecule has 0 radical (unpaired) electrons. The van der Waals surface area contributed by atoms with Gasteiger partial charge in [-0.15, -0.1) is 0 Å². The molecular weight excluding hydrogens is 406 g/mol. The van der Waals surface area contributed by atoms with Crippen molar-refractivity contribution in [2.24, 2.45) is 10.3 Å². The van der Waals surface area contributed by atoms with Gasteiger partial charge in [0.1, 0.15) is 22.1 Å². The Morgan fingerprint density at radius 2 is 1.61 bits per heavy atom. The minimum atomic E-state index is -4.08. The van der Waals surface area contributed by atoms with Crippen molar-refractivity contribution in [3.63, 3.8) is 0 Å². The summed E-state index contributed by atoms with van der Waals surface area (Å²) in [6, 6.07) is 10.4. The third kappa shape index (κ3) is 3.64. The maximum atomic E-state index is 12.0. The van der Waals surface area contributed by atoms with Gasteiger partial charge in [0, 0.05) is 11.1 Å². The van der Waals surface area contributed by atoms with E-state index < -0.39 is 20.0 Å². The number of rotatable bonds is 5. The highest BCUT2D eigenvalue weighted by Crippen LogP contribution is 2.39. The summed E-state index contributed by atoms with van der Waals surface area (Å²) in [6.07, 6.45) is 0. The van der Waals surface area contributed by atoms with Gasteiger partial charge in [-0.25, -0.2) is 27.1 Å². The molecular formula is C17H17N3O6S2. The Morgan fingerprint density at radius 1 is 0.964 bits per heavy atom. The molecule has 3 aromatic rings. The van der Waals surface area contributed by atoms with Crippen LogP contribution in [0.5, 0.6) is 5.75 Å². The molecule has 0 aliphatic rings. The molecule has 148 valence electrons. The van der Waals surface area contributed by atoms with Gasteiger partial charge >= 0.3 is 0 Å². The summed E-state index contributed by atoms with van der Waals surface area (Å²) in [5.74, 6) is 0.400. The lowest BCUT2D eigenvalue weighted by Gasteiger charge is -2.10. The average molecular weight is 423 g/mol. The molecule has 0 aliphatic carbocycles. The molecule has 11 heteroatoms. The van der Waals surface area contributed by atoms with Crippen LogP contribution < -0.4 is 15.0 Å². The van der Waals surface area contributed by atoms with E-state index in [1.165, 1.54) is 31.4 Å². The fraction of sp³-hybridized carbons (Fsp3) is 0.118. The fourth-order valence-corrected chi connectivity index (χ4v) is 4.32. The Bertz CT molecular complexity index is 1260. The third-order valence-corrected chi connectivity index (χ3v) is 5.97. The van der Waals surface area contributed by atoms with Crippen LogP contribution >= 0.6 is 0 Å². The molecule has 0 aliphatic heterocycles. The second kappa shape index (κ2) is 7.02. The number of hydrogen-bond acceptors (Lipinski definition) is 7. The Kier molecular flexibility index (Phi) is 5.02. The summed E-state index contributed by atoms with van der Waals surface area (Å²) in [7, 11) is -6.78. The highest BCUT2D eigenvalue weighted by Gasteiger charge is 2.24. The zero-order valence-corrected chi connectivity index (χ0v) is 16.5. The van der Waals surface area contributed by atoms with Crippen LogP contribution in [0.15, 0.2) is 56.8 Å². The van der Waals surface area contributed by atoms with Crippen LogP contribution in [0.3, 0.4) is 0 Å². The number of methoxy groups -OCH3 is 1. The SMILES string of the molecule is COc1ccc(-c2noc(C)c2-c2ccccc2S(N)(=O)=O)cc1S(N)(=O)=O. The largest absolute Gasteiger partial charge is 0.495 e. The number of nitrogens with two attached hydrogens (primary N) is 2. The monoisotopic (exact) mass is 423 g/mol. The van der Waals surface area contributed by atoms with Gasteiger partial charge in [0.05, 0.1) is 17.6 Å². The van der Waals surface area contributed by atoms with Crippen molar-refractivity contribution in [2.45, 2.75) is 16.7 Å². The van der Waals surface area contributed by atoms with E-state index in [9.17, 15) is 16.8 Å². The van der Waals surface area contributed by atoms with Crippen LogP contribution in [0.25, 0.3) is 22.4 Å². The van der Waals surface area contributed by atoms with Crippen LogP contribution in [0.2, 0.25) is 0 Å². The van der Waals surface area contributed by atoms with Gasteiger partial charge in [-0.1, -0.05) is 23.4 Å². The van der Waals surface area contributed by atoms with Gasteiger partial charge in [0.2, 0.25) is 20.0 Å². The predicted octanol–water partition coefficient (Wildman–Crippen LogP) is 1.62. The van der Waals surface area contributed by atoms with Crippen molar-refractivity contribution >= 4 is 20.0 Å². The number of nitrogens with zero attached hydrogens (tertiary/aromatic N) is 1. The second-order valence-electron chi connectivity index (χ2n) is 5.91. The second-order valence-corrected chi connectivity index (χ2v) is 8.97. The lowest BCUT2D eigenvalue weighted by atomic mass is 9.99. The van der Waals surface area contributed by atoms with Crippen molar-refractivity contribution in [3.05, 3.63) is 48.2 Å². The Hall–Kier alpha value is -2.73. The standard InChI is InChI=1S/C17H17N3O6S2/c1-10-16(12-5-3-4-6-14(12)27(18,21)22)17(20-26-10)11-7-8-13(25-2)15(9-11)28(19,23)24/h3-9H,1-2H3,(H2,18,21,22)(H2,19,23,24). The first-order chi connectivity index (χ1) is 13.0. The fourth-order valence-electron chi connectivity index (χ4n) is 2.85. The van der Waals surface area contributed by atoms with Gasteiger partial charge < -0.3 is 9.26 Å². The highest BCUT2D eigenvalue weighted by molar-refractivity contribution is 7.89. The Labute approximate surface area is 162 Å². The quantitative estimate of drug-likeness (QED) is 0.631. The molecule has 3 rings (SSSR count). The lowest BCUT2D eigenvalue weighted by Crippen LogP contribution is -2.14. The van der Waals surface area contributed by atoms with Crippen molar-refractivity contribution in [1.29, 1.82) is 0 Å². The predicted molar refractivity (Wildman–Crippen MR) is 101 cm³/mol. The van der Waals surface area contributed by atoms with Gasteiger partial charge in [0.25, 0.3) is 0 Å². The number of aryl methyl sites for hydroxylation is 1. The van der Waals surface area contributed by atoms with Gasteiger partial charge in [0.15, 0.2) is 0 Å². The molecule has 9 nitrogen and oxygen atoms in total. The van der Waals surface area contributed by atoms with E-state index in [0.29, 0.717) is 16.9 Å². The number of ether oxygens (including phenoxy) is 1. The molecule has 0 fully saturated rings. The number of benzene rings is 2. The molecule has 0 amide bonds. The normalized spacial score (nSPS) is 12.1. The van der Waals surface area contributed by atoms with Gasteiger partial charge in [-0.2, -0.15) is 0 Å². The molecule has 0 saturated heterocycles. The van der Waals surface area contributed by atoms with E-state index in [0.717, 1.165) is 0 Å². The van der Waals surface area contributed by atoms with Crippen LogP contribution in [0.1, 0.15) is 5.76 Å². The number of sulfonamides is 2. The third-order valence-electron chi connectivity index (χ3n) is 4.07. The zero-order chi connectivity index (χ0) is 20.7. The summed E-state index contributed by atoms with van der Waals surface area (Å²) in [4.78, 5) is -0.346. The van der Waals surface area contributed by atoms with Crippen molar-refractivity contribution in [1.82, 2.24) is 5.16 Å². The number of aromatic nitrogens is 1. The van der Waals surface area contributed by atoms with E-state index in [4.69, 9.17) is 19.5 Å². The maximum Gasteiger partial charge on any atom is 0.241 e. The van der Waals surface area contributed by atoms with E-state index in [-0.39, 0.29) is 26.8 Å². The van der Waals surface area contributed by atoms with Crippen LogP contribution in [-0.4, -0.2) is 29.1 Å². The molecule has 4 N–H and O–H groups in total. The van der Waals surface area contributed by atoms with E-state index in [2.05, 4.69) is 5.16 Å². The summed E-state index contributed by atoms with van der Waals surface area (Å²) in [5, 5.41) is 14.6. The molecule has 1 aromatic heterocycles. The summed E-state index contributed by atoms with van der Waals surface area (Å²) in [6.45, 7) is 1.61. The molecule has 1 heterocycles. The summed E-state index contributed by atoms with van der Waals surface area (Å²) < 4.78 is 58.1. The van der Waals surface area contributed by atoms with Crippen molar-refractivity contribution in [2.75, 3.05) is 7.11 Å². The minimum absolute atomic E-state index is 0.0675. The summed E-state index contributed by atoms with van der Waals surface area (Å²) >= 11 is 0. The van der Waals surface area contributed by atoms with Crippen LogP contribution in [-0.2, 0) is 20.0 Å². The van der Waals surface area contributed by atoms with Crippen LogP contribution in [0, 0.1) is 6.92 Å². The molecule has 0 atom stereocenters. The van der Waals surface area contributed by atoms with E-state index in [1.54, 1.807) is 25.1 Å². The number of primary sulfonamides is 2. The minimum Gasteiger partial charge on any atom is -0.495 e. The first-order valence-electron chi connectivity index (χ1n) is 7.83. The maximum absolute atomic E-state index is 12.0. The van der Waals surface area contributed by atoms with E-state index in [1.807, 2.05) is 0 Å². The van der Waals surface area contributed by atoms with E-state index >= 15 is 0 Å². The van der Waals surface area contributed by atoms with Gasteiger partial charge in [-0.05, 0) is 31.2 Å². The topological polar surface area (TPSA) is 156 Å². The van der Waals surface area contributed by atoms with Gasteiger partial charge in [-0.3, -0.25) is 0 Å². The average Bonchev–Trinajstić information content (AvgIpc) is 3.01. The Balaban J connectivity index is 2.31. The van der Waals surface area contributed by atoms with Crippen molar-refractivity contribution < 1.29 is 26.1 Å². The molecule has 0 saturated carbocycles. The first kappa shape index (κ1) is 20.0. The molecule has 0 spiro atoms. The molecule has 0 unspecified atom stereocenters. The first-order valence-corrected chi connectivity index (χ1v) is 10.9. The number of hydrogen-bond donors (Lipinski definition) is 2. The Morgan fingerprint density at radius 3 is 2.21 bits per heavy atom. The lowest BCUT2D eigenvalue weighted by molar-refractivity contribution is 0.399.